The summed E-state index contributed by atoms with van der Waals surface area (Å²) in [6, 6.07) is 0. The zero-order chi connectivity index (χ0) is 9.84. The Hall–Kier alpha value is -0.835. The SMILES string of the molecule is CC.[B]c1nc(Br)cn2ccnc12. The van der Waals surface area contributed by atoms with Gasteiger partial charge in [0.15, 0.2) is 0 Å². The quantitative estimate of drug-likeness (QED) is 0.647. The van der Waals surface area contributed by atoms with Gasteiger partial charge in [-0.25, -0.2) is 4.98 Å². The lowest BCUT2D eigenvalue weighted by atomic mass is 10.1. The minimum Gasteiger partial charge on any atom is -0.304 e. The molecule has 0 bridgehead atoms. The lowest BCUT2D eigenvalue weighted by Crippen LogP contribution is -2.12. The van der Waals surface area contributed by atoms with Crippen molar-refractivity contribution in [2.75, 3.05) is 0 Å². The summed E-state index contributed by atoms with van der Waals surface area (Å²) < 4.78 is 2.52. The highest BCUT2D eigenvalue weighted by Gasteiger charge is 1.99. The van der Waals surface area contributed by atoms with Crippen LogP contribution in [0.5, 0.6) is 0 Å². The van der Waals surface area contributed by atoms with Gasteiger partial charge in [0.2, 0.25) is 0 Å². The van der Waals surface area contributed by atoms with Gasteiger partial charge >= 0.3 is 0 Å². The third-order valence-corrected chi connectivity index (χ3v) is 1.75. The van der Waals surface area contributed by atoms with Crippen molar-refractivity contribution in [1.29, 1.82) is 0 Å². The Balaban J connectivity index is 0.000000396. The molecule has 0 amide bonds. The summed E-state index contributed by atoms with van der Waals surface area (Å²) in [5, 5.41) is 0. The van der Waals surface area contributed by atoms with Crippen LogP contribution in [-0.2, 0) is 0 Å². The smallest absolute Gasteiger partial charge is 0.147 e. The van der Waals surface area contributed by atoms with Gasteiger partial charge in [-0.05, 0) is 15.9 Å². The standard InChI is InChI=1S/C6H3BBrN3.C2H6/c7-5-6-9-1-2-11(6)3-4(8)10-5;1-2/h1-3H;1-2H3. The molecule has 66 valence electrons. The van der Waals surface area contributed by atoms with Crippen LogP contribution in [0.15, 0.2) is 23.2 Å². The molecule has 2 aromatic rings. The van der Waals surface area contributed by atoms with Crippen LogP contribution < -0.4 is 5.59 Å². The molecule has 0 aliphatic carbocycles. The molecular weight excluding hydrogens is 229 g/mol. The second kappa shape index (κ2) is 4.41. The summed E-state index contributed by atoms with van der Waals surface area (Å²) in [5.74, 6) is 0. The summed E-state index contributed by atoms with van der Waals surface area (Å²) in [4.78, 5) is 8.00. The number of fused-ring (bicyclic) bond motifs is 1. The first kappa shape index (κ1) is 10.2. The van der Waals surface area contributed by atoms with Gasteiger partial charge in [-0.15, -0.1) is 0 Å². The van der Waals surface area contributed by atoms with Crippen molar-refractivity contribution >= 4 is 35.0 Å². The molecule has 0 unspecified atom stereocenters. The normalized spacial score (nSPS) is 9.46. The van der Waals surface area contributed by atoms with Crippen LogP contribution in [0.25, 0.3) is 5.65 Å². The van der Waals surface area contributed by atoms with Gasteiger partial charge in [0, 0.05) is 24.2 Å². The summed E-state index contributed by atoms with van der Waals surface area (Å²) in [6.45, 7) is 4.00. The Morgan fingerprint density at radius 1 is 1.46 bits per heavy atom. The van der Waals surface area contributed by atoms with Crippen LogP contribution in [0.4, 0.5) is 0 Å². The Morgan fingerprint density at radius 2 is 2.15 bits per heavy atom. The van der Waals surface area contributed by atoms with Crippen molar-refractivity contribution in [3.63, 3.8) is 0 Å². The molecule has 3 nitrogen and oxygen atoms in total. The largest absolute Gasteiger partial charge is 0.304 e. The van der Waals surface area contributed by atoms with E-state index in [1.54, 1.807) is 12.4 Å². The predicted octanol–water partition coefficient (Wildman–Crippen LogP) is 1.31. The van der Waals surface area contributed by atoms with E-state index in [0.717, 1.165) is 0 Å². The fraction of sp³-hybridized carbons (Fsp3) is 0.250. The Labute approximate surface area is 86.7 Å². The van der Waals surface area contributed by atoms with E-state index in [1.165, 1.54) is 0 Å². The zero-order valence-electron chi connectivity index (χ0n) is 7.53. The van der Waals surface area contributed by atoms with Gasteiger partial charge < -0.3 is 4.40 Å². The fourth-order valence-corrected chi connectivity index (χ4v) is 1.34. The molecule has 5 heteroatoms. The van der Waals surface area contributed by atoms with E-state index in [9.17, 15) is 0 Å². The molecule has 0 saturated carbocycles. The summed E-state index contributed by atoms with van der Waals surface area (Å²) in [7, 11) is 5.58. The third-order valence-electron chi connectivity index (χ3n) is 1.37. The first-order valence-electron chi connectivity index (χ1n) is 4.02. The average Bonchev–Trinajstić information content (AvgIpc) is 2.55. The highest BCUT2D eigenvalue weighted by molar-refractivity contribution is 9.10. The second-order valence-corrected chi connectivity index (χ2v) is 2.92. The molecule has 0 spiro atoms. The number of aromatic nitrogens is 3. The Morgan fingerprint density at radius 3 is 2.85 bits per heavy atom. The maximum absolute atomic E-state index is 5.58. The third kappa shape index (κ3) is 2.09. The van der Waals surface area contributed by atoms with Crippen molar-refractivity contribution in [3.05, 3.63) is 23.2 Å². The molecule has 0 aliphatic heterocycles. The topological polar surface area (TPSA) is 30.2 Å². The van der Waals surface area contributed by atoms with Gasteiger partial charge in [-0.3, -0.25) is 4.98 Å². The van der Waals surface area contributed by atoms with Gasteiger partial charge in [0.1, 0.15) is 18.1 Å². The van der Waals surface area contributed by atoms with E-state index in [4.69, 9.17) is 7.85 Å². The molecule has 0 N–H and O–H groups in total. The van der Waals surface area contributed by atoms with Crippen molar-refractivity contribution in [3.8, 4) is 0 Å². The number of hydrogen-bond donors (Lipinski definition) is 0. The summed E-state index contributed by atoms with van der Waals surface area (Å²) in [5.41, 5.74) is 1.12. The molecule has 0 atom stereocenters. The van der Waals surface area contributed by atoms with Gasteiger partial charge in [0.05, 0.1) is 0 Å². The minimum atomic E-state index is 0.435. The van der Waals surface area contributed by atoms with Crippen LogP contribution in [-0.4, -0.2) is 22.2 Å². The molecule has 2 heterocycles. The van der Waals surface area contributed by atoms with Crippen molar-refractivity contribution in [2.45, 2.75) is 13.8 Å². The van der Waals surface area contributed by atoms with Crippen molar-refractivity contribution in [2.24, 2.45) is 0 Å². The summed E-state index contributed by atoms with van der Waals surface area (Å²) >= 11 is 3.23. The highest BCUT2D eigenvalue weighted by Crippen LogP contribution is 2.03. The van der Waals surface area contributed by atoms with Gasteiger partial charge in [0.25, 0.3) is 0 Å². The van der Waals surface area contributed by atoms with E-state index >= 15 is 0 Å². The van der Waals surface area contributed by atoms with E-state index in [-0.39, 0.29) is 0 Å². The molecular formula is C8H9BBrN3. The summed E-state index contributed by atoms with van der Waals surface area (Å²) in [6.07, 6.45) is 5.30. The number of nitrogens with zero attached hydrogens (tertiary/aromatic N) is 3. The number of halogens is 1. The lowest BCUT2D eigenvalue weighted by molar-refractivity contribution is 1.12. The van der Waals surface area contributed by atoms with E-state index < -0.39 is 0 Å². The van der Waals surface area contributed by atoms with E-state index in [2.05, 4.69) is 25.9 Å². The first-order chi connectivity index (χ1) is 6.27. The monoisotopic (exact) mass is 237 g/mol. The van der Waals surface area contributed by atoms with Crippen LogP contribution >= 0.6 is 15.9 Å². The van der Waals surface area contributed by atoms with Crippen LogP contribution in [0, 0.1) is 0 Å². The molecule has 0 aliphatic rings. The lowest BCUT2D eigenvalue weighted by Gasteiger charge is -1.97. The molecule has 2 rings (SSSR count). The van der Waals surface area contributed by atoms with E-state index in [1.807, 2.05) is 24.4 Å². The molecule has 0 saturated heterocycles. The van der Waals surface area contributed by atoms with Crippen LogP contribution in [0.3, 0.4) is 0 Å². The van der Waals surface area contributed by atoms with Crippen LogP contribution in [0.1, 0.15) is 13.8 Å². The second-order valence-electron chi connectivity index (χ2n) is 2.11. The maximum Gasteiger partial charge on any atom is 0.147 e. The van der Waals surface area contributed by atoms with Crippen molar-refractivity contribution < 1.29 is 0 Å². The predicted molar refractivity (Wildman–Crippen MR) is 57.4 cm³/mol. The molecule has 2 aromatic heterocycles. The minimum absolute atomic E-state index is 0.435. The fourth-order valence-electron chi connectivity index (χ4n) is 0.924. The van der Waals surface area contributed by atoms with Gasteiger partial charge in [-0.2, -0.15) is 0 Å². The Bertz CT molecular complexity index is 399. The van der Waals surface area contributed by atoms with E-state index in [0.29, 0.717) is 15.8 Å². The molecule has 13 heavy (non-hydrogen) atoms. The van der Waals surface area contributed by atoms with Crippen molar-refractivity contribution in [1.82, 2.24) is 14.4 Å². The molecule has 0 aromatic carbocycles. The number of imidazole rings is 1. The van der Waals surface area contributed by atoms with Gasteiger partial charge in [-0.1, -0.05) is 13.8 Å². The number of hydrogen-bond acceptors (Lipinski definition) is 2. The highest BCUT2D eigenvalue weighted by atomic mass is 79.9. The number of rotatable bonds is 0. The maximum atomic E-state index is 5.58. The zero-order valence-corrected chi connectivity index (χ0v) is 9.12. The molecule has 0 fully saturated rings. The van der Waals surface area contributed by atoms with Crippen LogP contribution in [0.2, 0.25) is 0 Å². The average molecular weight is 238 g/mol. The Kier molecular flexibility index (Phi) is 3.48. The molecule has 2 radical (unpaired) electrons. The first-order valence-corrected chi connectivity index (χ1v) is 4.81.